The minimum Gasteiger partial charge on any atom is -0.382 e. The molecule has 94 valence electrons. The predicted octanol–water partition coefficient (Wildman–Crippen LogP) is 0.613. The molecule has 1 rings (SSSR count). The highest BCUT2D eigenvalue weighted by Gasteiger charge is 2.06. The quantitative estimate of drug-likeness (QED) is 0.562. The summed E-state index contributed by atoms with van der Waals surface area (Å²) in [7, 11) is 1.58. The second kappa shape index (κ2) is 7.70. The number of hydrogen-bond acceptors (Lipinski definition) is 4. The van der Waals surface area contributed by atoms with Gasteiger partial charge in [-0.25, -0.2) is 4.98 Å². The Hall–Kier alpha value is -1.53. The smallest absolute Gasteiger partial charge is 0.270 e. The Morgan fingerprint density at radius 2 is 2.24 bits per heavy atom. The summed E-state index contributed by atoms with van der Waals surface area (Å²) in [4.78, 5) is 14.9. The Balaban J connectivity index is 2.21. The Morgan fingerprint density at radius 1 is 1.41 bits per heavy atom. The predicted molar refractivity (Wildman–Crippen MR) is 59.2 cm³/mol. The fourth-order valence-electron chi connectivity index (χ4n) is 1.11. The molecule has 0 radical (unpaired) electrons. The number of halogens is 1. The first kappa shape index (κ1) is 13.5. The number of carbonyl (C=O) groups excluding carboxylic acids is 1. The van der Waals surface area contributed by atoms with Crippen molar-refractivity contribution in [3.8, 4) is 0 Å². The minimum atomic E-state index is -0.672. The molecule has 17 heavy (non-hydrogen) atoms. The molecule has 0 atom stereocenters. The Bertz CT molecular complexity index is 360. The van der Waals surface area contributed by atoms with Crippen molar-refractivity contribution in [3.05, 3.63) is 29.8 Å². The summed E-state index contributed by atoms with van der Waals surface area (Å²) in [6.07, 6.45) is 0. The third-order valence-corrected chi connectivity index (χ3v) is 1.91. The highest BCUT2D eigenvalue weighted by molar-refractivity contribution is 5.92. The molecule has 0 aliphatic rings. The summed E-state index contributed by atoms with van der Waals surface area (Å²) in [6, 6.07) is 4.07. The molecule has 0 aromatic carbocycles. The van der Waals surface area contributed by atoms with E-state index in [1.54, 1.807) is 7.11 Å². The number of rotatable bonds is 7. The van der Waals surface area contributed by atoms with Gasteiger partial charge in [0.15, 0.2) is 0 Å². The third kappa shape index (κ3) is 5.37. The van der Waals surface area contributed by atoms with Crippen LogP contribution in [0.15, 0.2) is 18.2 Å². The topological polar surface area (TPSA) is 60.5 Å². The van der Waals surface area contributed by atoms with Gasteiger partial charge in [-0.2, -0.15) is 4.39 Å². The van der Waals surface area contributed by atoms with Crippen LogP contribution in [0.2, 0.25) is 0 Å². The maximum atomic E-state index is 12.7. The average Bonchev–Trinajstić information content (AvgIpc) is 2.33. The highest BCUT2D eigenvalue weighted by atomic mass is 19.1. The standard InChI is InChI=1S/C11H15FN2O3/c1-16-7-8-17-6-5-13-11(15)9-3-2-4-10(12)14-9/h2-4H,5-8H2,1H3,(H,13,15). The van der Waals surface area contributed by atoms with Gasteiger partial charge >= 0.3 is 0 Å². The van der Waals surface area contributed by atoms with Gasteiger partial charge in [-0.05, 0) is 12.1 Å². The molecular formula is C11H15FN2O3. The van der Waals surface area contributed by atoms with Crippen molar-refractivity contribution >= 4 is 5.91 Å². The molecule has 5 nitrogen and oxygen atoms in total. The van der Waals surface area contributed by atoms with Crippen molar-refractivity contribution < 1.29 is 18.7 Å². The maximum Gasteiger partial charge on any atom is 0.270 e. The van der Waals surface area contributed by atoms with Gasteiger partial charge in [0.1, 0.15) is 5.69 Å². The molecule has 1 N–H and O–H groups in total. The largest absolute Gasteiger partial charge is 0.382 e. The molecule has 0 spiro atoms. The molecule has 1 amide bonds. The Labute approximate surface area is 98.9 Å². The molecule has 0 bridgehead atoms. The molecular weight excluding hydrogens is 227 g/mol. The van der Waals surface area contributed by atoms with E-state index in [0.29, 0.717) is 26.4 Å². The Morgan fingerprint density at radius 3 is 2.94 bits per heavy atom. The van der Waals surface area contributed by atoms with Gasteiger partial charge in [-0.3, -0.25) is 4.79 Å². The van der Waals surface area contributed by atoms with Gasteiger partial charge in [0, 0.05) is 13.7 Å². The number of ether oxygens (including phenoxy) is 2. The maximum absolute atomic E-state index is 12.7. The second-order valence-electron chi connectivity index (χ2n) is 3.21. The van der Waals surface area contributed by atoms with Crippen molar-refractivity contribution in [3.63, 3.8) is 0 Å². The number of amides is 1. The summed E-state index contributed by atoms with van der Waals surface area (Å²) in [5, 5.41) is 2.57. The Kier molecular flexibility index (Phi) is 6.13. The van der Waals surface area contributed by atoms with Gasteiger partial charge < -0.3 is 14.8 Å². The SMILES string of the molecule is COCCOCCNC(=O)c1cccc(F)n1. The van der Waals surface area contributed by atoms with Gasteiger partial charge in [0.2, 0.25) is 5.95 Å². The van der Waals surface area contributed by atoms with Crippen molar-refractivity contribution in [2.24, 2.45) is 0 Å². The lowest BCUT2D eigenvalue weighted by molar-refractivity contribution is 0.0691. The van der Waals surface area contributed by atoms with Gasteiger partial charge in [0.05, 0.1) is 19.8 Å². The summed E-state index contributed by atoms with van der Waals surface area (Å²) in [6.45, 7) is 1.72. The molecule has 0 unspecified atom stereocenters. The van der Waals surface area contributed by atoms with E-state index in [0.717, 1.165) is 0 Å². The van der Waals surface area contributed by atoms with Crippen molar-refractivity contribution in [2.45, 2.75) is 0 Å². The van der Waals surface area contributed by atoms with Crippen LogP contribution in [-0.4, -0.2) is 44.4 Å². The van der Waals surface area contributed by atoms with Crippen LogP contribution in [0.25, 0.3) is 0 Å². The van der Waals surface area contributed by atoms with E-state index < -0.39 is 11.9 Å². The molecule has 0 saturated heterocycles. The van der Waals surface area contributed by atoms with Crippen LogP contribution in [0.4, 0.5) is 4.39 Å². The first-order valence-electron chi connectivity index (χ1n) is 5.21. The summed E-state index contributed by atoms with van der Waals surface area (Å²) in [5.41, 5.74) is 0.0573. The van der Waals surface area contributed by atoms with E-state index >= 15 is 0 Å². The normalized spacial score (nSPS) is 10.2. The van der Waals surface area contributed by atoms with Gasteiger partial charge in [-0.1, -0.05) is 6.07 Å². The van der Waals surface area contributed by atoms with Crippen LogP contribution < -0.4 is 5.32 Å². The lowest BCUT2D eigenvalue weighted by atomic mass is 10.3. The number of nitrogens with zero attached hydrogens (tertiary/aromatic N) is 1. The number of nitrogens with one attached hydrogen (secondary N) is 1. The van der Waals surface area contributed by atoms with Crippen LogP contribution in [0.1, 0.15) is 10.5 Å². The summed E-state index contributed by atoms with van der Waals surface area (Å²) >= 11 is 0. The lowest BCUT2D eigenvalue weighted by Crippen LogP contribution is -2.28. The zero-order chi connectivity index (χ0) is 12.5. The monoisotopic (exact) mass is 242 g/mol. The van der Waals surface area contributed by atoms with E-state index in [4.69, 9.17) is 9.47 Å². The van der Waals surface area contributed by atoms with E-state index in [1.165, 1.54) is 18.2 Å². The van der Waals surface area contributed by atoms with Crippen LogP contribution in [-0.2, 0) is 9.47 Å². The van der Waals surface area contributed by atoms with Gasteiger partial charge in [0.25, 0.3) is 5.91 Å². The molecule has 0 fully saturated rings. The van der Waals surface area contributed by atoms with Crippen LogP contribution in [0.3, 0.4) is 0 Å². The second-order valence-corrected chi connectivity index (χ2v) is 3.21. The zero-order valence-corrected chi connectivity index (χ0v) is 9.61. The van der Waals surface area contributed by atoms with E-state index in [9.17, 15) is 9.18 Å². The number of pyridine rings is 1. The molecule has 0 aliphatic heterocycles. The fraction of sp³-hybridized carbons (Fsp3) is 0.455. The van der Waals surface area contributed by atoms with Crippen LogP contribution >= 0.6 is 0 Å². The van der Waals surface area contributed by atoms with Crippen LogP contribution in [0, 0.1) is 5.95 Å². The number of carbonyl (C=O) groups is 1. The molecule has 0 aliphatic carbocycles. The van der Waals surface area contributed by atoms with Crippen molar-refractivity contribution in [1.82, 2.24) is 10.3 Å². The molecule has 6 heteroatoms. The lowest BCUT2D eigenvalue weighted by Gasteiger charge is -2.05. The first-order chi connectivity index (χ1) is 8.24. The van der Waals surface area contributed by atoms with Crippen molar-refractivity contribution in [2.75, 3.05) is 33.5 Å². The molecule has 1 heterocycles. The van der Waals surface area contributed by atoms with Gasteiger partial charge in [-0.15, -0.1) is 0 Å². The van der Waals surface area contributed by atoms with E-state index in [-0.39, 0.29) is 5.69 Å². The fourth-order valence-corrected chi connectivity index (χ4v) is 1.11. The van der Waals surface area contributed by atoms with E-state index in [2.05, 4.69) is 10.3 Å². The third-order valence-electron chi connectivity index (χ3n) is 1.91. The molecule has 0 saturated carbocycles. The number of aromatic nitrogens is 1. The van der Waals surface area contributed by atoms with E-state index in [1.807, 2.05) is 0 Å². The molecule has 1 aromatic rings. The summed E-state index contributed by atoms with van der Waals surface area (Å²) < 4.78 is 22.7. The highest BCUT2D eigenvalue weighted by Crippen LogP contribution is 1.97. The van der Waals surface area contributed by atoms with Crippen molar-refractivity contribution in [1.29, 1.82) is 0 Å². The molecule has 1 aromatic heterocycles. The average molecular weight is 242 g/mol. The van der Waals surface area contributed by atoms with Crippen LogP contribution in [0.5, 0.6) is 0 Å². The number of hydrogen-bond donors (Lipinski definition) is 1. The summed E-state index contributed by atoms with van der Waals surface area (Å²) in [5.74, 6) is -1.09. The zero-order valence-electron chi connectivity index (χ0n) is 9.61. The first-order valence-corrected chi connectivity index (χ1v) is 5.21. The minimum absolute atomic E-state index is 0.0573. The number of methoxy groups -OCH3 is 1.